The number of rotatable bonds is 50. The zero-order chi connectivity index (χ0) is 40.7. The Morgan fingerprint density at radius 1 is 0.351 bits per heavy atom. The van der Waals surface area contributed by atoms with Crippen molar-refractivity contribution < 1.29 is 61.3 Å². The molecular formula is C53H106KNO2. The molecule has 0 rings (SSSR count). The van der Waals surface area contributed by atoms with Gasteiger partial charge in [0, 0.05) is 12.0 Å². The van der Waals surface area contributed by atoms with Crippen LogP contribution in [0, 0.1) is 0 Å². The van der Waals surface area contributed by atoms with Gasteiger partial charge in [-0.1, -0.05) is 284 Å². The monoisotopic (exact) mass is 828 g/mol. The summed E-state index contributed by atoms with van der Waals surface area (Å²) in [6, 6.07) is 0.345. The number of carbonyl (C=O) groups excluding carboxylic acids is 1. The third-order valence-electron chi connectivity index (χ3n) is 13.0. The van der Waals surface area contributed by atoms with E-state index in [-0.39, 0.29) is 57.8 Å². The van der Waals surface area contributed by atoms with Crippen molar-refractivity contribution >= 4 is 5.97 Å². The van der Waals surface area contributed by atoms with E-state index in [0.717, 1.165) is 19.5 Å². The molecular weight excluding hydrogens is 722 g/mol. The van der Waals surface area contributed by atoms with Gasteiger partial charge in [0.15, 0.2) is 0 Å². The second-order valence-electron chi connectivity index (χ2n) is 18.6. The van der Waals surface area contributed by atoms with Crippen LogP contribution in [-0.4, -0.2) is 30.0 Å². The fourth-order valence-corrected chi connectivity index (χ4v) is 8.91. The van der Waals surface area contributed by atoms with Gasteiger partial charge >= 0.3 is 51.4 Å². The number of aliphatic carboxylic acids is 1. The van der Waals surface area contributed by atoms with Crippen LogP contribution in [0.2, 0.25) is 0 Å². The predicted octanol–water partition coefficient (Wildman–Crippen LogP) is 14.4. The maximum atomic E-state index is 11.1. The largest absolute Gasteiger partial charge is 1.00 e. The first-order valence-corrected chi connectivity index (χ1v) is 26.6. The minimum Gasteiger partial charge on any atom is -0.550 e. The fourth-order valence-electron chi connectivity index (χ4n) is 8.91. The predicted molar refractivity (Wildman–Crippen MR) is 250 cm³/mol. The Labute approximate surface area is 403 Å². The minimum absolute atomic E-state index is 0. The first-order valence-electron chi connectivity index (χ1n) is 26.6. The molecule has 0 aliphatic carbocycles. The second-order valence-corrected chi connectivity index (χ2v) is 18.6. The normalized spacial score (nSPS) is 12.1. The molecule has 0 saturated heterocycles. The van der Waals surface area contributed by atoms with E-state index >= 15 is 0 Å². The first-order chi connectivity index (χ1) is 27.6. The van der Waals surface area contributed by atoms with Crippen molar-refractivity contribution in [2.45, 2.75) is 322 Å². The molecule has 0 aromatic heterocycles. The van der Waals surface area contributed by atoms with Crippen LogP contribution in [0.25, 0.3) is 0 Å². The van der Waals surface area contributed by atoms with Gasteiger partial charge in [-0.05, 0) is 45.7 Å². The molecule has 1 unspecified atom stereocenters. The van der Waals surface area contributed by atoms with Crippen molar-refractivity contribution in [2.24, 2.45) is 0 Å². The van der Waals surface area contributed by atoms with Crippen LogP contribution in [0.4, 0.5) is 0 Å². The van der Waals surface area contributed by atoms with E-state index in [1.165, 1.54) is 283 Å². The Hall–Kier alpha value is 1.07. The first kappa shape index (κ1) is 60.2. The number of carbonyl (C=O) groups is 1. The molecule has 1 atom stereocenters. The van der Waals surface area contributed by atoms with Crippen LogP contribution in [-0.2, 0) is 4.79 Å². The summed E-state index contributed by atoms with van der Waals surface area (Å²) < 4.78 is 0. The molecule has 4 heteroatoms. The third kappa shape index (κ3) is 51.3. The molecule has 0 amide bonds. The molecule has 0 saturated carbocycles. The molecule has 0 bridgehead atoms. The molecule has 0 aromatic rings. The van der Waals surface area contributed by atoms with Crippen molar-refractivity contribution in [1.82, 2.24) is 4.90 Å². The molecule has 0 radical (unpaired) electrons. The van der Waals surface area contributed by atoms with E-state index in [1.807, 2.05) is 0 Å². The Morgan fingerprint density at radius 2 is 0.526 bits per heavy atom. The number of carboxylic acids is 1. The molecule has 336 valence electrons. The summed E-state index contributed by atoms with van der Waals surface area (Å²) in [7, 11) is 0. The maximum absolute atomic E-state index is 11.1. The zero-order valence-corrected chi connectivity index (χ0v) is 43.4. The van der Waals surface area contributed by atoms with Crippen LogP contribution >= 0.6 is 0 Å². The SMILES string of the molecule is CCCCCCCCCCCCCCCCCCCCCCCCN(CCCCCCCCCCCCCCCCCCCCCCCC)C(C)CCC(=O)[O-].[K+]. The molecule has 0 fully saturated rings. The Balaban J connectivity index is 0. The zero-order valence-electron chi connectivity index (χ0n) is 40.3. The Kier molecular flexibility index (Phi) is 56.1. The van der Waals surface area contributed by atoms with Gasteiger partial charge in [-0.15, -0.1) is 0 Å². The van der Waals surface area contributed by atoms with Gasteiger partial charge in [-0.3, -0.25) is 0 Å². The molecule has 0 spiro atoms. The van der Waals surface area contributed by atoms with Crippen LogP contribution in [0.5, 0.6) is 0 Å². The van der Waals surface area contributed by atoms with Gasteiger partial charge < -0.3 is 14.8 Å². The third-order valence-corrected chi connectivity index (χ3v) is 13.0. The quantitative estimate of drug-likeness (QED) is 0.0453. The van der Waals surface area contributed by atoms with Crippen LogP contribution in [0.3, 0.4) is 0 Å². The maximum Gasteiger partial charge on any atom is 1.00 e. The van der Waals surface area contributed by atoms with E-state index in [2.05, 4.69) is 25.7 Å². The van der Waals surface area contributed by atoms with Gasteiger partial charge in [0.25, 0.3) is 0 Å². The molecule has 0 N–H and O–H groups in total. The van der Waals surface area contributed by atoms with Crippen LogP contribution in [0.1, 0.15) is 316 Å². The molecule has 3 nitrogen and oxygen atoms in total. The number of unbranched alkanes of at least 4 members (excludes halogenated alkanes) is 42. The van der Waals surface area contributed by atoms with Gasteiger partial charge in [0.1, 0.15) is 0 Å². The van der Waals surface area contributed by atoms with Crippen molar-refractivity contribution in [1.29, 1.82) is 0 Å². The summed E-state index contributed by atoms with van der Waals surface area (Å²) in [5.74, 6) is -0.898. The summed E-state index contributed by atoms with van der Waals surface area (Å²) in [5, 5.41) is 11.1. The van der Waals surface area contributed by atoms with Gasteiger partial charge in [-0.2, -0.15) is 0 Å². The van der Waals surface area contributed by atoms with E-state index in [9.17, 15) is 9.90 Å². The van der Waals surface area contributed by atoms with Crippen molar-refractivity contribution in [3.63, 3.8) is 0 Å². The summed E-state index contributed by atoms with van der Waals surface area (Å²) in [6.45, 7) is 9.10. The van der Waals surface area contributed by atoms with Gasteiger partial charge in [-0.25, -0.2) is 0 Å². The smallest absolute Gasteiger partial charge is 0.550 e. The van der Waals surface area contributed by atoms with Gasteiger partial charge in [0.05, 0.1) is 0 Å². The minimum atomic E-state index is -0.898. The molecule has 0 aromatic carbocycles. The summed E-state index contributed by atoms with van der Waals surface area (Å²) >= 11 is 0. The van der Waals surface area contributed by atoms with E-state index in [4.69, 9.17) is 0 Å². The number of carboxylic acid groups (broad SMARTS) is 1. The average molecular weight is 829 g/mol. The average Bonchev–Trinajstić information content (AvgIpc) is 3.19. The summed E-state index contributed by atoms with van der Waals surface area (Å²) in [5.41, 5.74) is 0. The van der Waals surface area contributed by atoms with E-state index < -0.39 is 5.97 Å². The summed E-state index contributed by atoms with van der Waals surface area (Å²) in [4.78, 5) is 13.7. The topological polar surface area (TPSA) is 43.4 Å². The van der Waals surface area contributed by atoms with E-state index in [0.29, 0.717) is 6.04 Å². The second kappa shape index (κ2) is 53.2. The van der Waals surface area contributed by atoms with E-state index in [1.54, 1.807) is 0 Å². The van der Waals surface area contributed by atoms with Crippen molar-refractivity contribution in [3.8, 4) is 0 Å². The Bertz CT molecular complexity index is 684. The standard InChI is InChI=1S/C53H107NO2.K/c1-4-6-8-10-12-14-16-18-20-22-24-26-28-30-32-34-36-38-40-42-44-46-50-54(52(3)48-49-53(55)56)51-47-45-43-41-39-37-35-33-31-29-27-25-23-21-19-17-15-13-11-9-7-5-2;/h52H,4-51H2,1-3H3,(H,55,56);/q;+1/p-1. The van der Waals surface area contributed by atoms with Crippen molar-refractivity contribution in [3.05, 3.63) is 0 Å². The molecule has 0 heterocycles. The molecule has 0 aliphatic rings. The van der Waals surface area contributed by atoms with Crippen LogP contribution in [0.15, 0.2) is 0 Å². The number of hydrogen-bond acceptors (Lipinski definition) is 3. The van der Waals surface area contributed by atoms with Crippen LogP contribution < -0.4 is 56.5 Å². The fraction of sp³-hybridized carbons (Fsp3) is 0.981. The number of hydrogen-bond donors (Lipinski definition) is 0. The molecule has 57 heavy (non-hydrogen) atoms. The number of nitrogens with zero attached hydrogens (tertiary/aromatic N) is 1. The van der Waals surface area contributed by atoms with Gasteiger partial charge in [0.2, 0.25) is 0 Å². The van der Waals surface area contributed by atoms with Crippen molar-refractivity contribution in [2.75, 3.05) is 13.1 Å². The Morgan fingerprint density at radius 3 is 0.702 bits per heavy atom. The summed E-state index contributed by atoms with van der Waals surface area (Å²) in [6.07, 6.45) is 63.6. The molecule has 0 aliphatic heterocycles.